The number of benzene rings is 1. The van der Waals surface area contributed by atoms with Crippen LogP contribution in [0.3, 0.4) is 0 Å². The van der Waals surface area contributed by atoms with E-state index in [0.29, 0.717) is 24.5 Å². The second kappa shape index (κ2) is 6.64. The lowest BCUT2D eigenvalue weighted by Crippen LogP contribution is -2.35. The van der Waals surface area contributed by atoms with E-state index in [1.165, 1.54) is 4.90 Å². The predicted octanol–water partition coefficient (Wildman–Crippen LogP) is 1.63. The van der Waals surface area contributed by atoms with Crippen molar-refractivity contribution in [1.82, 2.24) is 4.90 Å². The molecule has 1 rings (SSSR count). The molecule has 1 aromatic carbocycles. The van der Waals surface area contributed by atoms with Crippen LogP contribution in [0.25, 0.3) is 0 Å². The molecular formula is C13H17NO4. The molecule has 18 heavy (non-hydrogen) atoms. The molecule has 0 heterocycles. The van der Waals surface area contributed by atoms with Gasteiger partial charge in [0.15, 0.2) is 0 Å². The molecule has 0 fully saturated rings. The third kappa shape index (κ3) is 3.76. The molecule has 0 atom stereocenters. The summed E-state index contributed by atoms with van der Waals surface area (Å²) in [7, 11) is 0. The van der Waals surface area contributed by atoms with Crippen LogP contribution in [0, 0.1) is 0 Å². The van der Waals surface area contributed by atoms with Gasteiger partial charge in [-0.1, -0.05) is 0 Å². The summed E-state index contributed by atoms with van der Waals surface area (Å²) in [5, 5.41) is 8.71. The molecule has 0 aliphatic rings. The first kappa shape index (κ1) is 14.0. The zero-order chi connectivity index (χ0) is 13.5. The molecule has 0 unspecified atom stereocenters. The van der Waals surface area contributed by atoms with Crippen molar-refractivity contribution >= 4 is 11.9 Å². The standard InChI is InChI=1S/C13H17NO4/c1-3-14(9-12(15)16)13(17)10-5-7-11(8-6-10)18-4-2/h5-8H,3-4,9H2,1-2H3,(H,15,16). The molecule has 0 aliphatic heterocycles. The Morgan fingerprint density at radius 1 is 1.22 bits per heavy atom. The number of hydrogen-bond acceptors (Lipinski definition) is 3. The highest BCUT2D eigenvalue weighted by Gasteiger charge is 2.16. The van der Waals surface area contributed by atoms with E-state index in [9.17, 15) is 9.59 Å². The Balaban J connectivity index is 2.78. The van der Waals surface area contributed by atoms with Crippen molar-refractivity contribution < 1.29 is 19.4 Å². The number of likely N-dealkylation sites (N-methyl/N-ethyl adjacent to an activating group) is 1. The maximum Gasteiger partial charge on any atom is 0.323 e. The first-order valence-corrected chi connectivity index (χ1v) is 5.82. The fraction of sp³-hybridized carbons (Fsp3) is 0.385. The van der Waals surface area contributed by atoms with E-state index in [2.05, 4.69) is 0 Å². The van der Waals surface area contributed by atoms with E-state index >= 15 is 0 Å². The van der Waals surface area contributed by atoms with Crippen molar-refractivity contribution in [3.63, 3.8) is 0 Å². The second-order valence-electron chi connectivity index (χ2n) is 3.67. The van der Waals surface area contributed by atoms with Gasteiger partial charge in [0.1, 0.15) is 12.3 Å². The highest BCUT2D eigenvalue weighted by atomic mass is 16.5. The minimum atomic E-state index is -1.02. The van der Waals surface area contributed by atoms with E-state index in [4.69, 9.17) is 9.84 Å². The zero-order valence-electron chi connectivity index (χ0n) is 10.5. The van der Waals surface area contributed by atoms with E-state index in [1.807, 2.05) is 6.92 Å². The first-order chi connectivity index (χ1) is 8.58. The molecule has 0 saturated carbocycles. The number of aliphatic carboxylic acids is 1. The molecule has 5 heteroatoms. The van der Waals surface area contributed by atoms with Crippen LogP contribution in [0.15, 0.2) is 24.3 Å². The lowest BCUT2D eigenvalue weighted by Gasteiger charge is -2.18. The highest BCUT2D eigenvalue weighted by molar-refractivity contribution is 5.95. The van der Waals surface area contributed by atoms with Gasteiger partial charge in [0.2, 0.25) is 0 Å². The Bertz CT molecular complexity index is 414. The van der Waals surface area contributed by atoms with Crippen molar-refractivity contribution in [2.24, 2.45) is 0 Å². The van der Waals surface area contributed by atoms with Crippen molar-refractivity contribution in [3.05, 3.63) is 29.8 Å². The summed E-state index contributed by atoms with van der Waals surface area (Å²) in [6.07, 6.45) is 0. The number of carbonyl (C=O) groups excluding carboxylic acids is 1. The van der Waals surface area contributed by atoms with Gasteiger partial charge in [-0.05, 0) is 38.1 Å². The normalized spacial score (nSPS) is 9.89. The van der Waals surface area contributed by atoms with E-state index in [0.717, 1.165) is 0 Å². The fourth-order valence-electron chi connectivity index (χ4n) is 1.53. The summed E-state index contributed by atoms with van der Waals surface area (Å²) in [5.41, 5.74) is 0.460. The second-order valence-corrected chi connectivity index (χ2v) is 3.67. The predicted molar refractivity (Wildman–Crippen MR) is 66.8 cm³/mol. The van der Waals surface area contributed by atoms with Crippen molar-refractivity contribution in [2.75, 3.05) is 19.7 Å². The van der Waals surface area contributed by atoms with Crippen LogP contribution >= 0.6 is 0 Å². The molecule has 5 nitrogen and oxygen atoms in total. The van der Waals surface area contributed by atoms with Gasteiger partial charge in [0.05, 0.1) is 6.61 Å². The van der Waals surface area contributed by atoms with Crippen LogP contribution < -0.4 is 4.74 Å². The van der Waals surface area contributed by atoms with Gasteiger partial charge in [0.25, 0.3) is 5.91 Å². The molecule has 1 N–H and O–H groups in total. The molecule has 98 valence electrons. The lowest BCUT2D eigenvalue weighted by molar-refractivity contribution is -0.137. The summed E-state index contributed by atoms with van der Waals surface area (Å²) in [6.45, 7) is 4.26. The highest BCUT2D eigenvalue weighted by Crippen LogP contribution is 2.13. The molecule has 0 aromatic heterocycles. The van der Waals surface area contributed by atoms with Crippen LogP contribution in [0.2, 0.25) is 0 Å². The van der Waals surface area contributed by atoms with Crippen molar-refractivity contribution in [1.29, 1.82) is 0 Å². The average molecular weight is 251 g/mol. The maximum absolute atomic E-state index is 12.0. The monoisotopic (exact) mass is 251 g/mol. The molecule has 1 amide bonds. The zero-order valence-corrected chi connectivity index (χ0v) is 10.5. The number of ether oxygens (including phenoxy) is 1. The summed E-state index contributed by atoms with van der Waals surface area (Å²) < 4.78 is 5.27. The van der Waals surface area contributed by atoms with Gasteiger partial charge >= 0.3 is 5.97 Å². The minimum Gasteiger partial charge on any atom is -0.494 e. The number of hydrogen-bond donors (Lipinski definition) is 1. The minimum absolute atomic E-state index is 0.289. The van der Waals surface area contributed by atoms with Crippen molar-refractivity contribution in [3.8, 4) is 5.75 Å². The number of carboxylic acids is 1. The summed E-state index contributed by atoms with van der Waals surface area (Å²) in [6, 6.07) is 6.67. The van der Waals surface area contributed by atoms with Gasteiger partial charge < -0.3 is 14.7 Å². The Morgan fingerprint density at radius 2 is 1.83 bits per heavy atom. The number of carboxylic acid groups (broad SMARTS) is 1. The van der Waals surface area contributed by atoms with Gasteiger partial charge in [-0.2, -0.15) is 0 Å². The number of nitrogens with zero attached hydrogens (tertiary/aromatic N) is 1. The molecule has 0 bridgehead atoms. The molecular weight excluding hydrogens is 234 g/mol. The Hall–Kier alpha value is -2.04. The van der Waals surface area contributed by atoms with Gasteiger partial charge in [-0.3, -0.25) is 9.59 Å². The van der Waals surface area contributed by atoms with Gasteiger partial charge in [0, 0.05) is 12.1 Å². The van der Waals surface area contributed by atoms with Crippen LogP contribution in [0.4, 0.5) is 0 Å². The Morgan fingerprint density at radius 3 is 2.28 bits per heavy atom. The van der Waals surface area contributed by atoms with E-state index in [-0.39, 0.29) is 12.5 Å². The van der Waals surface area contributed by atoms with Gasteiger partial charge in [-0.25, -0.2) is 0 Å². The summed E-state index contributed by atoms with van der Waals surface area (Å²) >= 11 is 0. The molecule has 0 radical (unpaired) electrons. The van der Waals surface area contributed by atoms with Gasteiger partial charge in [-0.15, -0.1) is 0 Å². The Labute approximate surface area is 106 Å². The lowest BCUT2D eigenvalue weighted by atomic mass is 10.2. The number of amides is 1. The molecule has 0 saturated heterocycles. The van der Waals surface area contributed by atoms with Crippen LogP contribution in [0.1, 0.15) is 24.2 Å². The molecule has 0 aliphatic carbocycles. The molecule has 1 aromatic rings. The summed E-state index contributed by atoms with van der Waals surface area (Å²) in [5.74, 6) is -0.616. The van der Waals surface area contributed by atoms with Crippen molar-refractivity contribution in [2.45, 2.75) is 13.8 Å². The van der Waals surface area contributed by atoms with Crippen LogP contribution in [-0.4, -0.2) is 41.6 Å². The average Bonchev–Trinajstić information content (AvgIpc) is 2.36. The Kier molecular flexibility index (Phi) is 5.17. The third-order valence-corrected chi connectivity index (χ3v) is 2.41. The SMILES string of the molecule is CCOc1ccc(C(=O)N(CC)CC(=O)O)cc1. The topological polar surface area (TPSA) is 66.8 Å². The first-order valence-electron chi connectivity index (χ1n) is 5.82. The molecule has 0 spiro atoms. The van der Waals surface area contributed by atoms with E-state index in [1.54, 1.807) is 31.2 Å². The number of carbonyl (C=O) groups is 2. The quantitative estimate of drug-likeness (QED) is 0.834. The van der Waals surface area contributed by atoms with Crippen LogP contribution in [0.5, 0.6) is 5.75 Å². The van der Waals surface area contributed by atoms with Crippen LogP contribution in [-0.2, 0) is 4.79 Å². The summed E-state index contributed by atoms with van der Waals surface area (Å²) in [4.78, 5) is 23.9. The fourth-order valence-corrected chi connectivity index (χ4v) is 1.53. The number of rotatable bonds is 6. The largest absolute Gasteiger partial charge is 0.494 e. The maximum atomic E-state index is 12.0. The van der Waals surface area contributed by atoms with E-state index < -0.39 is 5.97 Å². The smallest absolute Gasteiger partial charge is 0.323 e. The third-order valence-electron chi connectivity index (χ3n) is 2.41.